The minimum absolute atomic E-state index is 0.109. The molecule has 0 spiro atoms. The zero-order chi connectivity index (χ0) is 17.0. The number of nitrogens with one attached hydrogen (secondary N) is 1. The largest absolute Gasteiger partial charge is 0.361 e. The van der Waals surface area contributed by atoms with Crippen molar-refractivity contribution in [3.63, 3.8) is 0 Å². The highest BCUT2D eigenvalue weighted by Crippen LogP contribution is 2.40. The van der Waals surface area contributed by atoms with Gasteiger partial charge in [0.25, 0.3) is 0 Å². The molecule has 1 aliphatic rings. The van der Waals surface area contributed by atoms with Crippen molar-refractivity contribution in [3.8, 4) is 0 Å². The maximum Gasteiger partial charge on any atom is 0.220 e. The number of aryl methyl sites for hydroxylation is 2. The van der Waals surface area contributed by atoms with Gasteiger partial charge in [0.05, 0.1) is 5.69 Å². The summed E-state index contributed by atoms with van der Waals surface area (Å²) in [5.74, 6) is 0.925. The first-order valence-corrected chi connectivity index (χ1v) is 8.85. The SMILES string of the molecule is Cc1noc(C)c1CCC(=O)NCC1(c2ccccc2)CCCC1. The van der Waals surface area contributed by atoms with Crippen LogP contribution in [0.25, 0.3) is 0 Å². The summed E-state index contributed by atoms with van der Waals surface area (Å²) < 4.78 is 5.16. The normalized spacial score (nSPS) is 16.2. The van der Waals surface area contributed by atoms with E-state index in [4.69, 9.17) is 4.52 Å². The molecule has 3 rings (SSSR count). The van der Waals surface area contributed by atoms with Gasteiger partial charge in [0.15, 0.2) is 0 Å². The molecular weight excluding hydrogens is 300 g/mol. The molecule has 128 valence electrons. The Hall–Kier alpha value is -2.10. The Bertz CT molecular complexity index is 665. The van der Waals surface area contributed by atoms with Crippen molar-refractivity contribution in [2.75, 3.05) is 6.54 Å². The molecular formula is C20H26N2O2. The van der Waals surface area contributed by atoms with Gasteiger partial charge in [-0.2, -0.15) is 0 Å². The monoisotopic (exact) mass is 326 g/mol. The van der Waals surface area contributed by atoms with Crippen LogP contribution in [0.1, 0.15) is 54.7 Å². The van der Waals surface area contributed by atoms with Crippen LogP contribution in [0.5, 0.6) is 0 Å². The second-order valence-corrected chi connectivity index (χ2v) is 6.93. The average Bonchev–Trinajstić information content (AvgIpc) is 3.20. The third-order valence-electron chi connectivity index (χ3n) is 5.35. The predicted octanol–water partition coefficient (Wildman–Crippen LogP) is 3.85. The summed E-state index contributed by atoms with van der Waals surface area (Å²) >= 11 is 0. The summed E-state index contributed by atoms with van der Waals surface area (Å²) in [6.45, 7) is 4.56. The molecule has 0 radical (unpaired) electrons. The van der Waals surface area contributed by atoms with Crippen molar-refractivity contribution in [3.05, 3.63) is 52.9 Å². The number of rotatable bonds is 6. The fourth-order valence-corrected chi connectivity index (χ4v) is 3.86. The molecule has 0 unspecified atom stereocenters. The van der Waals surface area contributed by atoms with E-state index >= 15 is 0 Å². The Morgan fingerprint density at radius 2 is 1.92 bits per heavy atom. The Morgan fingerprint density at radius 1 is 1.21 bits per heavy atom. The molecule has 1 saturated carbocycles. The third-order valence-corrected chi connectivity index (χ3v) is 5.35. The number of amides is 1. The summed E-state index contributed by atoms with van der Waals surface area (Å²) in [5.41, 5.74) is 3.41. The van der Waals surface area contributed by atoms with Crippen molar-refractivity contribution in [1.82, 2.24) is 10.5 Å². The van der Waals surface area contributed by atoms with Gasteiger partial charge in [-0.25, -0.2) is 0 Å². The van der Waals surface area contributed by atoms with Crippen LogP contribution in [0.15, 0.2) is 34.9 Å². The van der Waals surface area contributed by atoms with Gasteiger partial charge in [-0.15, -0.1) is 0 Å². The lowest BCUT2D eigenvalue weighted by molar-refractivity contribution is -0.121. The van der Waals surface area contributed by atoms with Crippen LogP contribution in [0.4, 0.5) is 0 Å². The number of hydrogen-bond acceptors (Lipinski definition) is 3. The molecule has 24 heavy (non-hydrogen) atoms. The van der Waals surface area contributed by atoms with Crippen molar-refractivity contribution >= 4 is 5.91 Å². The second-order valence-electron chi connectivity index (χ2n) is 6.93. The molecule has 1 aromatic carbocycles. The molecule has 1 aliphatic carbocycles. The molecule has 1 aromatic heterocycles. The van der Waals surface area contributed by atoms with Gasteiger partial charge in [-0.1, -0.05) is 48.3 Å². The molecule has 0 atom stereocenters. The maximum absolute atomic E-state index is 12.3. The number of benzene rings is 1. The molecule has 2 aromatic rings. The van der Waals surface area contributed by atoms with Crippen LogP contribution in [-0.4, -0.2) is 17.6 Å². The van der Waals surface area contributed by atoms with Crippen molar-refractivity contribution in [2.24, 2.45) is 0 Å². The Labute approximate surface area is 143 Å². The summed E-state index contributed by atoms with van der Waals surface area (Å²) in [7, 11) is 0. The van der Waals surface area contributed by atoms with E-state index in [9.17, 15) is 4.79 Å². The Morgan fingerprint density at radius 3 is 2.54 bits per heavy atom. The number of aromatic nitrogens is 1. The minimum atomic E-state index is 0.109. The summed E-state index contributed by atoms with van der Waals surface area (Å²) in [5, 5.41) is 7.12. The minimum Gasteiger partial charge on any atom is -0.361 e. The molecule has 1 heterocycles. The summed E-state index contributed by atoms with van der Waals surface area (Å²) in [4.78, 5) is 12.3. The molecule has 1 N–H and O–H groups in total. The lowest BCUT2D eigenvalue weighted by Gasteiger charge is -2.30. The van der Waals surface area contributed by atoms with Gasteiger partial charge in [0, 0.05) is 23.9 Å². The summed E-state index contributed by atoms with van der Waals surface area (Å²) in [6, 6.07) is 10.6. The molecule has 4 heteroatoms. The fraction of sp³-hybridized carbons (Fsp3) is 0.500. The molecule has 0 aliphatic heterocycles. The zero-order valence-electron chi connectivity index (χ0n) is 14.6. The van der Waals surface area contributed by atoms with Gasteiger partial charge in [0.1, 0.15) is 5.76 Å². The smallest absolute Gasteiger partial charge is 0.220 e. The second kappa shape index (κ2) is 7.20. The quantitative estimate of drug-likeness (QED) is 0.877. The first-order valence-electron chi connectivity index (χ1n) is 8.85. The fourth-order valence-electron chi connectivity index (χ4n) is 3.86. The van der Waals surface area contributed by atoms with Crippen LogP contribution in [0.3, 0.4) is 0 Å². The van der Waals surface area contributed by atoms with Crippen LogP contribution in [0.2, 0.25) is 0 Å². The topological polar surface area (TPSA) is 55.1 Å². The lowest BCUT2D eigenvalue weighted by Crippen LogP contribution is -2.39. The number of carbonyl (C=O) groups is 1. The van der Waals surface area contributed by atoms with Crippen molar-refractivity contribution in [2.45, 2.75) is 57.8 Å². The maximum atomic E-state index is 12.3. The molecule has 0 bridgehead atoms. The Balaban J connectivity index is 1.58. The van der Waals surface area contributed by atoms with E-state index in [0.717, 1.165) is 36.4 Å². The highest BCUT2D eigenvalue weighted by atomic mass is 16.5. The van der Waals surface area contributed by atoms with Crippen molar-refractivity contribution in [1.29, 1.82) is 0 Å². The van der Waals surface area contributed by atoms with Gasteiger partial charge < -0.3 is 9.84 Å². The van der Waals surface area contributed by atoms with Crippen LogP contribution in [-0.2, 0) is 16.6 Å². The highest BCUT2D eigenvalue weighted by molar-refractivity contribution is 5.76. The number of nitrogens with zero attached hydrogens (tertiary/aromatic N) is 1. The molecule has 4 nitrogen and oxygen atoms in total. The van der Waals surface area contributed by atoms with E-state index in [1.54, 1.807) is 0 Å². The lowest BCUT2D eigenvalue weighted by atomic mass is 9.79. The first kappa shape index (κ1) is 16.7. The van der Waals surface area contributed by atoms with Gasteiger partial charge >= 0.3 is 0 Å². The molecule has 0 saturated heterocycles. The van der Waals surface area contributed by atoms with E-state index in [0.29, 0.717) is 12.8 Å². The third kappa shape index (κ3) is 3.53. The highest BCUT2D eigenvalue weighted by Gasteiger charge is 2.35. The van der Waals surface area contributed by atoms with Gasteiger partial charge in [0.2, 0.25) is 5.91 Å². The molecule has 1 amide bonds. The Kier molecular flexibility index (Phi) is 5.03. The van der Waals surface area contributed by atoms with Gasteiger partial charge in [-0.05, 0) is 38.7 Å². The van der Waals surface area contributed by atoms with Crippen LogP contribution in [0, 0.1) is 13.8 Å². The van der Waals surface area contributed by atoms with Crippen LogP contribution < -0.4 is 5.32 Å². The summed E-state index contributed by atoms with van der Waals surface area (Å²) in [6.07, 6.45) is 5.95. The zero-order valence-corrected chi connectivity index (χ0v) is 14.6. The van der Waals surface area contributed by atoms with E-state index in [1.165, 1.54) is 18.4 Å². The first-order chi connectivity index (χ1) is 11.6. The number of hydrogen-bond donors (Lipinski definition) is 1. The van der Waals surface area contributed by atoms with E-state index < -0.39 is 0 Å². The van der Waals surface area contributed by atoms with E-state index in [1.807, 2.05) is 19.9 Å². The average molecular weight is 326 g/mol. The van der Waals surface area contributed by atoms with E-state index in [-0.39, 0.29) is 11.3 Å². The van der Waals surface area contributed by atoms with Crippen molar-refractivity contribution < 1.29 is 9.32 Å². The number of carbonyl (C=O) groups excluding carboxylic acids is 1. The predicted molar refractivity (Wildman–Crippen MR) is 93.9 cm³/mol. The van der Waals surface area contributed by atoms with E-state index in [2.05, 4.69) is 34.7 Å². The molecule has 1 fully saturated rings. The van der Waals surface area contributed by atoms with Gasteiger partial charge in [-0.3, -0.25) is 4.79 Å². The standard InChI is InChI=1S/C20H26N2O2/c1-15-18(16(2)24-22-15)10-11-19(23)21-14-20(12-6-7-13-20)17-8-4-3-5-9-17/h3-5,8-9H,6-7,10-14H2,1-2H3,(H,21,23). The van der Waals surface area contributed by atoms with Crippen LogP contribution >= 0.6 is 0 Å².